The summed E-state index contributed by atoms with van der Waals surface area (Å²) in [7, 11) is 8.07. The van der Waals surface area contributed by atoms with Gasteiger partial charge in [-0.15, -0.1) is 0 Å². The number of hydrogen-bond acceptors (Lipinski definition) is 6. The zero-order chi connectivity index (χ0) is 27.9. The fourth-order valence-electron chi connectivity index (χ4n) is 4.16. The molecule has 0 aliphatic heterocycles. The van der Waals surface area contributed by atoms with Gasteiger partial charge in [0, 0.05) is 39.6 Å². The van der Waals surface area contributed by atoms with Crippen LogP contribution in [-0.4, -0.2) is 28.2 Å². The van der Waals surface area contributed by atoms with Crippen molar-refractivity contribution in [3.63, 3.8) is 0 Å². The van der Waals surface area contributed by atoms with Gasteiger partial charge in [-0.1, -0.05) is 48.5 Å². The van der Waals surface area contributed by atoms with Crippen LogP contribution >= 0.6 is 0 Å². The first kappa shape index (κ1) is 26.5. The summed E-state index contributed by atoms with van der Waals surface area (Å²) in [6, 6.07) is 40.9. The average Bonchev–Trinajstić information content (AvgIpc) is 3.00. The molecule has 5 rings (SSSR count). The summed E-state index contributed by atoms with van der Waals surface area (Å²) in [4.78, 5) is 4.12. The van der Waals surface area contributed by atoms with Crippen LogP contribution < -0.4 is 9.80 Å². The molecule has 0 aliphatic rings. The smallest absolute Gasteiger partial charge is 0.0858 e. The van der Waals surface area contributed by atoms with E-state index in [1.165, 1.54) is 0 Å². The summed E-state index contributed by atoms with van der Waals surface area (Å²) in [5.74, 6) is 0. The Kier molecular flexibility index (Phi) is 8.07. The van der Waals surface area contributed by atoms with Crippen LogP contribution in [0.1, 0.15) is 0 Å². The lowest BCUT2D eigenvalue weighted by molar-refractivity contribution is 1.13. The van der Waals surface area contributed by atoms with Gasteiger partial charge in [0.2, 0.25) is 0 Å². The Morgan fingerprint density at radius 2 is 0.500 bits per heavy atom. The predicted octanol–water partition coefficient (Wildman–Crippen LogP) is 9.98. The summed E-state index contributed by atoms with van der Waals surface area (Å²) < 4.78 is 0. The standard InChI is InChI=1S/C34H32N6/c1-39(2)33-21-17-31(18-22-33)37-35-29-13-9-27(10-14-29)25-5-7-26(8-6-25)28-11-15-30(16-12-28)36-38-32-19-23-34(24-20-32)40(3)4/h5-24H,1-4H3. The summed E-state index contributed by atoms with van der Waals surface area (Å²) >= 11 is 0. The zero-order valence-corrected chi connectivity index (χ0v) is 23.2. The van der Waals surface area contributed by atoms with Crippen LogP contribution in [0.4, 0.5) is 34.1 Å². The maximum Gasteiger partial charge on any atom is 0.0858 e. The first-order valence-corrected chi connectivity index (χ1v) is 13.1. The minimum Gasteiger partial charge on any atom is -0.378 e. The molecule has 6 nitrogen and oxygen atoms in total. The van der Waals surface area contributed by atoms with E-state index in [2.05, 4.69) is 78.8 Å². The van der Waals surface area contributed by atoms with Gasteiger partial charge in [-0.25, -0.2) is 0 Å². The first-order chi connectivity index (χ1) is 19.4. The van der Waals surface area contributed by atoms with Crippen LogP contribution in [0.25, 0.3) is 22.3 Å². The maximum atomic E-state index is 4.38. The summed E-state index contributed by atoms with van der Waals surface area (Å²) in [6.45, 7) is 0. The largest absolute Gasteiger partial charge is 0.378 e. The molecule has 0 saturated carbocycles. The van der Waals surface area contributed by atoms with Gasteiger partial charge in [-0.2, -0.15) is 20.5 Å². The normalized spacial score (nSPS) is 11.3. The van der Waals surface area contributed by atoms with Crippen molar-refractivity contribution in [1.29, 1.82) is 0 Å². The lowest BCUT2D eigenvalue weighted by Gasteiger charge is -2.11. The minimum absolute atomic E-state index is 0.819. The average molecular weight is 525 g/mol. The highest BCUT2D eigenvalue weighted by atomic mass is 15.1. The van der Waals surface area contributed by atoms with E-state index in [-0.39, 0.29) is 0 Å². The molecule has 0 atom stereocenters. The summed E-state index contributed by atoms with van der Waals surface area (Å²) in [6.07, 6.45) is 0. The third kappa shape index (κ3) is 6.66. The highest BCUT2D eigenvalue weighted by Gasteiger charge is 2.03. The molecule has 5 aromatic rings. The number of hydrogen-bond donors (Lipinski definition) is 0. The molecule has 0 saturated heterocycles. The van der Waals surface area contributed by atoms with Crippen LogP contribution in [0, 0.1) is 0 Å². The number of benzene rings is 5. The van der Waals surface area contributed by atoms with Crippen molar-refractivity contribution in [2.75, 3.05) is 38.0 Å². The van der Waals surface area contributed by atoms with Gasteiger partial charge in [0.15, 0.2) is 0 Å². The zero-order valence-electron chi connectivity index (χ0n) is 23.2. The van der Waals surface area contributed by atoms with Gasteiger partial charge in [0.25, 0.3) is 0 Å². The van der Waals surface area contributed by atoms with E-state index in [0.717, 1.165) is 56.4 Å². The van der Waals surface area contributed by atoms with E-state index in [1.807, 2.05) is 101 Å². The molecule has 0 N–H and O–H groups in total. The molecule has 5 aromatic carbocycles. The van der Waals surface area contributed by atoms with Crippen LogP contribution in [0.3, 0.4) is 0 Å². The molecule has 0 unspecified atom stereocenters. The Morgan fingerprint density at radius 3 is 0.725 bits per heavy atom. The number of nitrogens with zero attached hydrogens (tertiary/aromatic N) is 6. The van der Waals surface area contributed by atoms with Crippen molar-refractivity contribution in [3.05, 3.63) is 121 Å². The lowest BCUT2D eigenvalue weighted by Crippen LogP contribution is -2.07. The van der Waals surface area contributed by atoms with Crippen LogP contribution in [-0.2, 0) is 0 Å². The fraction of sp³-hybridized carbons (Fsp3) is 0.118. The topological polar surface area (TPSA) is 55.9 Å². The van der Waals surface area contributed by atoms with Crippen LogP contribution in [0.15, 0.2) is 142 Å². The molecule has 0 fully saturated rings. The Hall–Kier alpha value is -5.10. The molecule has 198 valence electrons. The molecular formula is C34H32N6. The highest BCUT2D eigenvalue weighted by molar-refractivity contribution is 5.72. The monoisotopic (exact) mass is 524 g/mol. The Balaban J connectivity index is 1.20. The Bertz CT molecular complexity index is 1460. The Morgan fingerprint density at radius 1 is 0.300 bits per heavy atom. The number of azo groups is 2. The van der Waals surface area contributed by atoms with Gasteiger partial charge >= 0.3 is 0 Å². The van der Waals surface area contributed by atoms with E-state index < -0.39 is 0 Å². The van der Waals surface area contributed by atoms with Crippen LogP contribution in [0.2, 0.25) is 0 Å². The van der Waals surface area contributed by atoms with Crippen molar-refractivity contribution in [1.82, 2.24) is 0 Å². The van der Waals surface area contributed by atoms with E-state index in [4.69, 9.17) is 0 Å². The maximum absolute atomic E-state index is 4.38. The fourth-order valence-corrected chi connectivity index (χ4v) is 4.16. The Labute approximate surface area is 236 Å². The van der Waals surface area contributed by atoms with E-state index in [9.17, 15) is 0 Å². The first-order valence-electron chi connectivity index (χ1n) is 13.1. The van der Waals surface area contributed by atoms with Crippen molar-refractivity contribution < 1.29 is 0 Å². The molecule has 40 heavy (non-hydrogen) atoms. The predicted molar refractivity (Wildman–Crippen MR) is 167 cm³/mol. The summed E-state index contributed by atoms with van der Waals surface area (Å²) in [5, 5.41) is 17.5. The van der Waals surface area contributed by atoms with Gasteiger partial charge < -0.3 is 9.80 Å². The van der Waals surface area contributed by atoms with Crippen molar-refractivity contribution >= 4 is 34.1 Å². The molecule has 0 heterocycles. The molecule has 0 radical (unpaired) electrons. The second-order valence-corrected chi connectivity index (χ2v) is 9.89. The number of anilines is 2. The second kappa shape index (κ2) is 12.2. The van der Waals surface area contributed by atoms with Crippen molar-refractivity contribution in [2.24, 2.45) is 20.5 Å². The van der Waals surface area contributed by atoms with E-state index in [0.29, 0.717) is 0 Å². The molecule has 0 aliphatic carbocycles. The minimum atomic E-state index is 0.819. The third-order valence-corrected chi connectivity index (χ3v) is 6.58. The molecule has 0 aromatic heterocycles. The summed E-state index contributed by atoms with van der Waals surface area (Å²) in [5.41, 5.74) is 10.1. The van der Waals surface area contributed by atoms with Crippen molar-refractivity contribution in [2.45, 2.75) is 0 Å². The van der Waals surface area contributed by atoms with Gasteiger partial charge in [0.1, 0.15) is 0 Å². The van der Waals surface area contributed by atoms with Gasteiger partial charge in [-0.05, 0) is 95.1 Å². The molecule has 0 amide bonds. The SMILES string of the molecule is CN(C)c1ccc(N=Nc2ccc(-c3ccc(-c4ccc(N=Nc5ccc(N(C)C)cc5)cc4)cc3)cc2)cc1. The molecular weight excluding hydrogens is 492 g/mol. The van der Waals surface area contributed by atoms with Gasteiger partial charge in [0.05, 0.1) is 22.7 Å². The van der Waals surface area contributed by atoms with E-state index >= 15 is 0 Å². The lowest BCUT2D eigenvalue weighted by atomic mass is 10.00. The van der Waals surface area contributed by atoms with Crippen LogP contribution in [0.5, 0.6) is 0 Å². The van der Waals surface area contributed by atoms with Crippen molar-refractivity contribution in [3.8, 4) is 22.3 Å². The highest BCUT2D eigenvalue weighted by Crippen LogP contribution is 2.29. The number of rotatable bonds is 8. The molecule has 0 bridgehead atoms. The second-order valence-electron chi connectivity index (χ2n) is 9.89. The third-order valence-electron chi connectivity index (χ3n) is 6.58. The van der Waals surface area contributed by atoms with Gasteiger partial charge in [-0.3, -0.25) is 0 Å². The molecule has 6 heteroatoms. The molecule has 0 spiro atoms. The van der Waals surface area contributed by atoms with E-state index in [1.54, 1.807) is 0 Å². The quantitative estimate of drug-likeness (QED) is 0.190.